The number of benzene rings is 1. The van der Waals surface area contributed by atoms with Crippen molar-refractivity contribution in [3.05, 3.63) is 51.8 Å². The topological polar surface area (TPSA) is 76.6 Å². The van der Waals surface area contributed by atoms with E-state index in [9.17, 15) is 9.59 Å². The Balaban J connectivity index is 1.88. The number of likely N-dealkylation sites (N-methyl/N-ethyl adjacent to an activating group) is 1. The minimum atomic E-state index is -1.20. The maximum atomic E-state index is 12.0. The average Bonchev–Trinajstić information content (AvgIpc) is 3.12. The molecule has 6 nitrogen and oxygen atoms in total. The van der Waals surface area contributed by atoms with E-state index in [0.29, 0.717) is 18.2 Å². The molecule has 3 rings (SSSR count). The number of hydrogen-bond donors (Lipinski definition) is 2. The van der Waals surface area contributed by atoms with E-state index in [-0.39, 0.29) is 5.56 Å². The van der Waals surface area contributed by atoms with E-state index in [1.807, 2.05) is 19.1 Å². The Bertz CT molecular complexity index is 856. The SMILES string of the molecule is CCc1cc(C(=O)O)c(=O)[nH]c1-c1ccc(N2CC[C@H](N(C)C)C2)cc1. The summed E-state index contributed by atoms with van der Waals surface area (Å²) in [6, 6.07) is 10.2. The van der Waals surface area contributed by atoms with Gasteiger partial charge >= 0.3 is 5.97 Å². The molecule has 0 spiro atoms. The van der Waals surface area contributed by atoms with Gasteiger partial charge in [0.2, 0.25) is 0 Å². The molecule has 1 fully saturated rings. The summed E-state index contributed by atoms with van der Waals surface area (Å²) in [7, 11) is 4.22. The molecule has 1 aliphatic rings. The van der Waals surface area contributed by atoms with Crippen LogP contribution in [0.5, 0.6) is 0 Å². The summed E-state index contributed by atoms with van der Waals surface area (Å²) in [5.41, 5.74) is 2.80. The molecule has 0 radical (unpaired) electrons. The van der Waals surface area contributed by atoms with Crippen LogP contribution in [0.1, 0.15) is 29.3 Å². The number of nitrogens with zero attached hydrogens (tertiary/aromatic N) is 2. The molecule has 1 atom stereocenters. The Morgan fingerprint density at radius 1 is 1.31 bits per heavy atom. The van der Waals surface area contributed by atoms with Gasteiger partial charge in [-0.2, -0.15) is 0 Å². The number of aromatic carboxylic acids is 1. The summed E-state index contributed by atoms with van der Waals surface area (Å²) in [4.78, 5) is 30.6. The predicted molar refractivity (Wildman–Crippen MR) is 103 cm³/mol. The van der Waals surface area contributed by atoms with Gasteiger partial charge in [-0.1, -0.05) is 19.1 Å². The zero-order valence-corrected chi connectivity index (χ0v) is 15.5. The third-order valence-corrected chi connectivity index (χ3v) is 5.15. The zero-order chi connectivity index (χ0) is 18.8. The molecule has 6 heteroatoms. The molecule has 1 aliphatic heterocycles. The second kappa shape index (κ2) is 7.33. The van der Waals surface area contributed by atoms with Gasteiger partial charge < -0.3 is 19.9 Å². The van der Waals surface area contributed by atoms with Gasteiger partial charge in [0.25, 0.3) is 5.56 Å². The molecule has 0 unspecified atom stereocenters. The van der Waals surface area contributed by atoms with Gasteiger partial charge in [0, 0.05) is 24.8 Å². The molecule has 1 saturated heterocycles. The fourth-order valence-electron chi connectivity index (χ4n) is 3.51. The van der Waals surface area contributed by atoms with Crippen molar-refractivity contribution in [3.63, 3.8) is 0 Å². The van der Waals surface area contributed by atoms with Gasteiger partial charge in [0.1, 0.15) is 5.56 Å². The van der Waals surface area contributed by atoms with Crippen molar-refractivity contribution in [1.82, 2.24) is 9.88 Å². The van der Waals surface area contributed by atoms with E-state index in [1.165, 1.54) is 11.8 Å². The summed E-state index contributed by atoms with van der Waals surface area (Å²) in [5.74, 6) is -1.20. The lowest BCUT2D eigenvalue weighted by Gasteiger charge is -2.22. The average molecular weight is 355 g/mol. The highest BCUT2D eigenvalue weighted by molar-refractivity contribution is 5.88. The highest BCUT2D eigenvalue weighted by Crippen LogP contribution is 2.27. The Hall–Kier alpha value is -2.60. The van der Waals surface area contributed by atoms with Crippen LogP contribution >= 0.6 is 0 Å². The van der Waals surface area contributed by atoms with Crippen LogP contribution in [0.4, 0.5) is 5.69 Å². The van der Waals surface area contributed by atoms with E-state index in [1.54, 1.807) is 0 Å². The maximum absolute atomic E-state index is 12.0. The van der Waals surface area contributed by atoms with E-state index in [2.05, 4.69) is 41.0 Å². The summed E-state index contributed by atoms with van der Waals surface area (Å²) in [5, 5.41) is 9.14. The molecule has 2 heterocycles. The minimum Gasteiger partial charge on any atom is -0.477 e. The second-order valence-electron chi connectivity index (χ2n) is 6.97. The lowest BCUT2D eigenvalue weighted by Crippen LogP contribution is -2.31. The molecule has 26 heavy (non-hydrogen) atoms. The van der Waals surface area contributed by atoms with Gasteiger partial charge in [-0.15, -0.1) is 0 Å². The lowest BCUT2D eigenvalue weighted by atomic mass is 10.0. The van der Waals surface area contributed by atoms with E-state index >= 15 is 0 Å². The van der Waals surface area contributed by atoms with Gasteiger partial charge in [-0.25, -0.2) is 4.79 Å². The summed E-state index contributed by atoms with van der Waals surface area (Å²) in [6.07, 6.45) is 1.80. The number of carboxylic acids is 1. The number of aryl methyl sites for hydroxylation is 1. The summed E-state index contributed by atoms with van der Waals surface area (Å²) < 4.78 is 0. The molecular formula is C20H25N3O3. The van der Waals surface area contributed by atoms with Crippen molar-refractivity contribution in [2.24, 2.45) is 0 Å². The van der Waals surface area contributed by atoms with Crippen LogP contribution in [-0.4, -0.2) is 54.2 Å². The normalized spacial score (nSPS) is 17.1. The van der Waals surface area contributed by atoms with E-state index in [4.69, 9.17) is 5.11 Å². The molecule has 0 aliphatic carbocycles. The number of anilines is 1. The third-order valence-electron chi connectivity index (χ3n) is 5.15. The van der Waals surface area contributed by atoms with Crippen molar-refractivity contribution < 1.29 is 9.90 Å². The number of nitrogens with one attached hydrogen (secondary N) is 1. The van der Waals surface area contributed by atoms with Crippen molar-refractivity contribution >= 4 is 11.7 Å². The number of rotatable bonds is 5. The Morgan fingerprint density at radius 3 is 2.54 bits per heavy atom. The first-order chi connectivity index (χ1) is 12.4. The van der Waals surface area contributed by atoms with Crippen LogP contribution in [-0.2, 0) is 6.42 Å². The molecule has 2 aromatic rings. The first-order valence-corrected chi connectivity index (χ1v) is 8.92. The molecule has 138 valence electrons. The first-order valence-electron chi connectivity index (χ1n) is 8.92. The number of H-pyrrole nitrogens is 1. The number of carboxylic acid groups (broad SMARTS) is 1. The molecule has 1 aromatic heterocycles. The van der Waals surface area contributed by atoms with Crippen LogP contribution in [0.15, 0.2) is 35.1 Å². The monoisotopic (exact) mass is 355 g/mol. The number of carbonyl (C=O) groups is 1. The van der Waals surface area contributed by atoms with Crippen LogP contribution < -0.4 is 10.5 Å². The van der Waals surface area contributed by atoms with Crippen molar-refractivity contribution in [3.8, 4) is 11.3 Å². The quantitative estimate of drug-likeness (QED) is 0.861. The highest BCUT2D eigenvalue weighted by Gasteiger charge is 2.24. The summed E-state index contributed by atoms with van der Waals surface area (Å²) in [6.45, 7) is 3.99. The van der Waals surface area contributed by atoms with Gasteiger partial charge in [-0.3, -0.25) is 4.79 Å². The number of pyridine rings is 1. The number of aromatic nitrogens is 1. The number of aromatic amines is 1. The van der Waals surface area contributed by atoms with Gasteiger partial charge in [0.05, 0.1) is 5.69 Å². The minimum absolute atomic E-state index is 0.214. The van der Waals surface area contributed by atoms with E-state index in [0.717, 1.165) is 30.6 Å². The van der Waals surface area contributed by atoms with Crippen molar-refractivity contribution in [2.45, 2.75) is 25.8 Å². The molecule has 1 aromatic carbocycles. The predicted octanol–water partition coefficient (Wildman–Crippen LogP) is 2.44. The molecule has 0 amide bonds. The fraction of sp³-hybridized carbons (Fsp3) is 0.400. The third kappa shape index (κ3) is 3.51. The Labute approximate surface area is 153 Å². The fourth-order valence-corrected chi connectivity index (χ4v) is 3.51. The maximum Gasteiger partial charge on any atom is 0.341 e. The lowest BCUT2D eigenvalue weighted by molar-refractivity contribution is 0.0695. The van der Waals surface area contributed by atoms with Gasteiger partial charge in [0.15, 0.2) is 0 Å². The standard InChI is InChI=1S/C20H25N3O3/c1-4-13-11-17(20(25)26)19(24)21-18(13)14-5-7-15(8-6-14)23-10-9-16(12-23)22(2)3/h5-8,11,16H,4,9-10,12H2,1-3H3,(H,21,24)(H,25,26)/t16-/m0/s1. The van der Waals surface area contributed by atoms with Crippen LogP contribution in [0.25, 0.3) is 11.3 Å². The first kappa shape index (κ1) is 18.2. The number of hydrogen-bond acceptors (Lipinski definition) is 4. The molecule has 0 bridgehead atoms. The van der Waals surface area contributed by atoms with Crippen LogP contribution in [0.3, 0.4) is 0 Å². The molecule has 2 N–H and O–H groups in total. The van der Waals surface area contributed by atoms with Crippen molar-refractivity contribution in [1.29, 1.82) is 0 Å². The Morgan fingerprint density at radius 2 is 2.00 bits per heavy atom. The zero-order valence-electron chi connectivity index (χ0n) is 15.5. The van der Waals surface area contributed by atoms with Crippen LogP contribution in [0.2, 0.25) is 0 Å². The largest absolute Gasteiger partial charge is 0.477 e. The van der Waals surface area contributed by atoms with Crippen molar-refractivity contribution in [2.75, 3.05) is 32.1 Å². The molecule has 0 saturated carbocycles. The van der Waals surface area contributed by atoms with Gasteiger partial charge in [-0.05, 0) is 56.3 Å². The summed E-state index contributed by atoms with van der Waals surface area (Å²) >= 11 is 0. The second-order valence-corrected chi connectivity index (χ2v) is 6.97. The van der Waals surface area contributed by atoms with Crippen LogP contribution in [0, 0.1) is 0 Å². The Kier molecular flexibility index (Phi) is 5.13. The molecular weight excluding hydrogens is 330 g/mol. The smallest absolute Gasteiger partial charge is 0.341 e. The highest BCUT2D eigenvalue weighted by atomic mass is 16.4. The van der Waals surface area contributed by atoms with E-state index < -0.39 is 11.5 Å².